The number of rotatable bonds is 10. The van der Waals surface area contributed by atoms with Gasteiger partial charge in [-0.05, 0) is 138 Å². The fourth-order valence-electron chi connectivity index (χ4n) is 10.1. The van der Waals surface area contributed by atoms with Crippen LogP contribution in [0.3, 0.4) is 0 Å². The fourth-order valence-corrected chi connectivity index (χ4v) is 11.2. The van der Waals surface area contributed by atoms with Crippen LogP contribution in [-0.4, -0.2) is 0 Å². The lowest BCUT2D eigenvalue weighted by Gasteiger charge is -2.28. The highest BCUT2D eigenvalue weighted by Gasteiger charge is 2.25. The number of anilines is 9. The molecule has 0 atom stereocenters. The van der Waals surface area contributed by atoms with Crippen LogP contribution in [-0.2, 0) is 0 Å². The molecule has 0 aliphatic heterocycles. The van der Waals surface area contributed by atoms with Crippen molar-refractivity contribution < 1.29 is 4.42 Å². The van der Waals surface area contributed by atoms with Crippen molar-refractivity contribution in [1.29, 1.82) is 0 Å². The van der Waals surface area contributed by atoms with Crippen LogP contribution in [0.25, 0.3) is 64.0 Å². The van der Waals surface area contributed by atoms with E-state index in [0.29, 0.717) is 0 Å². The molecule has 0 N–H and O–H groups in total. The Bertz CT molecular complexity index is 3890. The SMILES string of the molecule is c1ccc(N(c2ccccc2)c2ccc3oc4cc(-c5ccc(N(c6ccccc6)c6ccc7sc8ccccc8c7c6)c6ccccc56)cc(N(c5ccccc5)c5ccccc5)c4c3c2)cc1. The summed E-state index contributed by atoms with van der Waals surface area (Å²) in [4.78, 5) is 7.09. The van der Waals surface area contributed by atoms with Crippen LogP contribution in [0.4, 0.5) is 51.2 Å². The van der Waals surface area contributed by atoms with Crippen molar-refractivity contribution in [3.63, 3.8) is 0 Å². The minimum Gasteiger partial charge on any atom is -0.456 e. The van der Waals surface area contributed by atoms with Gasteiger partial charge < -0.3 is 19.1 Å². The molecule has 0 radical (unpaired) electrons. The first kappa shape index (κ1) is 40.4. The van der Waals surface area contributed by atoms with E-state index in [1.54, 1.807) is 0 Å². The summed E-state index contributed by atoms with van der Waals surface area (Å²) in [6.45, 7) is 0. The van der Waals surface area contributed by atoms with E-state index in [2.05, 4.69) is 276 Å². The third kappa shape index (κ3) is 7.16. The van der Waals surface area contributed by atoms with E-state index in [9.17, 15) is 0 Å². The molecule has 0 bridgehead atoms. The molecular weight excluding hydrogens is 859 g/mol. The standard InChI is InChI=1S/C64H43N3OS/c1-6-20-45(21-7-1)65(46-22-8-2-9-23-46)50-34-38-60-57(43-50)64-59(66(47-24-10-3-11-25-47)48-26-12-4-13-27-48)40-44(41-61(64)68-60)52-36-37-58(54-31-17-16-30-53(52)54)67(49-28-14-5-15-29-49)51-35-39-63-56(42-51)55-32-18-19-33-62(55)69-63/h1-43H. The van der Waals surface area contributed by atoms with Crippen molar-refractivity contribution in [2.45, 2.75) is 0 Å². The third-order valence-electron chi connectivity index (χ3n) is 13.2. The third-order valence-corrected chi connectivity index (χ3v) is 14.3. The smallest absolute Gasteiger partial charge is 0.138 e. The highest BCUT2D eigenvalue weighted by molar-refractivity contribution is 7.25. The lowest BCUT2D eigenvalue weighted by molar-refractivity contribution is 0.669. The second-order valence-corrected chi connectivity index (χ2v) is 18.4. The first-order valence-corrected chi connectivity index (χ1v) is 24.1. The van der Waals surface area contributed by atoms with Gasteiger partial charge in [-0.25, -0.2) is 0 Å². The van der Waals surface area contributed by atoms with Crippen LogP contribution < -0.4 is 14.7 Å². The van der Waals surface area contributed by atoms with Gasteiger partial charge in [0, 0.05) is 70.8 Å². The molecule has 0 saturated heterocycles. The first-order valence-electron chi connectivity index (χ1n) is 23.3. The van der Waals surface area contributed by atoms with Crippen LogP contribution >= 0.6 is 11.3 Å². The zero-order valence-electron chi connectivity index (χ0n) is 37.5. The van der Waals surface area contributed by atoms with Gasteiger partial charge in [0.2, 0.25) is 0 Å². The number of thiophene rings is 1. The summed E-state index contributed by atoms with van der Waals surface area (Å²) in [7, 11) is 0. The number of fused-ring (bicyclic) bond motifs is 7. The molecule has 69 heavy (non-hydrogen) atoms. The zero-order chi connectivity index (χ0) is 45.7. The van der Waals surface area contributed by atoms with E-state index in [1.165, 1.54) is 20.2 Å². The monoisotopic (exact) mass is 901 g/mol. The van der Waals surface area contributed by atoms with Gasteiger partial charge in [-0.3, -0.25) is 0 Å². The van der Waals surface area contributed by atoms with Crippen LogP contribution in [0.15, 0.2) is 265 Å². The minimum atomic E-state index is 0.813. The second kappa shape index (κ2) is 17.1. The molecule has 0 aliphatic carbocycles. The number of furan rings is 1. The molecule has 5 heteroatoms. The molecule has 0 amide bonds. The molecule has 0 aliphatic rings. The van der Waals surface area contributed by atoms with Crippen molar-refractivity contribution in [2.75, 3.05) is 14.7 Å². The van der Waals surface area contributed by atoms with Crippen LogP contribution in [0, 0.1) is 0 Å². The first-order chi connectivity index (χ1) is 34.2. The lowest BCUT2D eigenvalue weighted by Crippen LogP contribution is -2.11. The predicted octanol–water partition coefficient (Wildman–Crippen LogP) is 19.2. The molecule has 326 valence electrons. The quantitative estimate of drug-likeness (QED) is 0.136. The highest BCUT2D eigenvalue weighted by atomic mass is 32.1. The fraction of sp³-hybridized carbons (Fsp3) is 0. The summed E-state index contributed by atoms with van der Waals surface area (Å²) in [5.41, 5.74) is 13.5. The van der Waals surface area contributed by atoms with E-state index in [1.807, 2.05) is 11.3 Å². The Balaban J connectivity index is 1.04. The Morgan fingerprint density at radius 3 is 1.35 bits per heavy atom. The molecule has 0 unspecified atom stereocenters. The van der Waals surface area contributed by atoms with Gasteiger partial charge in [-0.1, -0.05) is 140 Å². The maximum absolute atomic E-state index is 7.02. The van der Waals surface area contributed by atoms with E-state index >= 15 is 0 Å². The number of nitrogens with zero attached hydrogens (tertiary/aromatic N) is 3. The molecule has 11 aromatic carbocycles. The zero-order valence-corrected chi connectivity index (χ0v) is 38.3. The summed E-state index contributed by atoms with van der Waals surface area (Å²) >= 11 is 1.85. The Morgan fingerprint density at radius 1 is 0.275 bits per heavy atom. The van der Waals surface area contributed by atoms with E-state index in [4.69, 9.17) is 4.42 Å². The number of hydrogen-bond donors (Lipinski definition) is 0. The van der Waals surface area contributed by atoms with Gasteiger partial charge in [-0.2, -0.15) is 0 Å². The summed E-state index contributed by atoms with van der Waals surface area (Å²) in [6.07, 6.45) is 0. The molecule has 2 aromatic heterocycles. The lowest BCUT2D eigenvalue weighted by atomic mass is 9.94. The second-order valence-electron chi connectivity index (χ2n) is 17.3. The summed E-state index contributed by atoms with van der Waals surface area (Å²) < 4.78 is 9.60. The van der Waals surface area contributed by atoms with E-state index in [0.717, 1.165) is 95.0 Å². The molecule has 13 aromatic rings. The van der Waals surface area contributed by atoms with Crippen molar-refractivity contribution >= 4 is 115 Å². The average Bonchev–Trinajstić information content (AvgIpc) is 3.98. The number of hydrogen-bond acceptors (Lipinski definition) is 5. The highest BCUT2D eigenvalue weighted by Crippen LogP contribution is 2.49. The normalized spacial score (nSPS) is 11.5. The van der Waals surface area contributed by atoms with Gasteiger partial charge in [0.25, 0.3) is 0 Å². The van der Waals surface area contributed by atoms with Gasteiger partial charge in [0.1, 0.15) is 11.2 Å². The van der Waals surface area contributed by atoms with Gasteiger partial charge in [-0.15, -0.1) is 11.3 Å². The maximum Gasteiger partial charge on any atom is 0.138 e. The summed E-state index contributed by atoms with van der Waals surface area (Å²) in [5.74, 6) is 0. The average molecular weight is 902 g/mol. The Hall–Kier alpha value is -8.90. The Kier molecular flexibility index (Phi) is 9.99. The molecule has 2 heterocycles. The summed E-state index contributed by atoms with van der Waals surface area (Å²) in [5, 5.41) is 6.92. The molecule has 4 nitrogen and oxygen atoms in total. The van der Waals surface area contributed by atoms with Crippen LogP contribution in [0.2, 0.25) is 0 Å². The van der Waals surface area contributed by atoms with Crippen molar-refractivity contribution in [1.82, 2.24) is 0 Å². The molecule has 13 rings (SSSR count). The minimum absolute atomic E-state index is 0.813. The van der Waals surface area contributed by atoms with Crippen LogP contribution in [0.1, 0.15) is 0 Å². The van der Waals surface area contributed by atoms with E-state index < -0.39 is 0 Å². The predicted molar refractivity (Wildman–Crippen MR) is 294 cm³/mol. The maximum atomic E-state index is 7.02. The van der Waals surface area contributed by atoms with Crippen molar-refractivity contribution in [3.8, 4) is 11.1 Å². The van der Waals surface area contributed by atoms with Gasteiger partial charge in [0.05, 0.1) is 16.8 Å². The number of para-hydroxylation sites is 5. The Morgan fingerprint density at radius 2 is 0.739 bits per heavy atom. The van der Waals surface area contributed by atoms with Gasteiger partial charge >= 0.3 is 0 Å². The molecule has 0 saturated carbocycles. The topological polar surface area (TPSA) is 22.9 Å². The molecule has 0 spiro atoms. The molecular formula is C64H43N3OS. The number of benzene rings is 11. The van der Waals surface area contributed by atoms with Crippen molar-refractivity contribution in [3.05, 3.63) is 261 Å². The van der Waals surface area contributed by atoms with Crippen molar-refractivity contribution in [2.24, 2.45) is 0 Å². The van der Waals surface area contributed by atoms with Gasteiger partial charge in [0.15, 0.2) is 0 Å². The largest absolute Gasteiger partial charge is 0.456 e. The van der Waals surface area contributed by atoms with Crippen LogP contribution in [0.5, 0.6) is 0 Å². The molecule has 0 fully saturated rings. The van der Waals surface area contributed by atoms with E-state index in [-0.39, 0.29) is 0 Å². The Labute approximate surface area is 404 Å². The summed E-state index contributed by atoms with van der Waals surface area (Å²) in [6, 6.07) is 93.4.